The molecule has 0 saturated heterocycles. The molecule has 2 rings (SSSR count). The van der Waals surface area contributed by atoms with Gasteiger partial charge < -0.3 is 0 Å². The quantitative estimate of drug-likeness (QED) is 0.399. The second kappa shape index (κ2) is 6.83. The maximum absolute atomic E-state index is 6.50. The number of halogens is 6. The summed E-state index contributed by atoms with van der Waals surface area (Å²) in [6, 6.07) is 0. The van der Waals surface area contributed by atoms with E-state index in [0.29, 0.717) is 17.0 Å². The molecule has 2 aliphatic rings. The fourth-order valence-electron chi connectivity index (χ4n) is 2.68. The van der Waals surface area contributed by atoms with E-state index < -0.39 is 14.0 Å². The van der Waals surface area contributed by atoms with Crippen molar-refractivity contribution in [3.05, 3.63) is 34.4 Å². The molecule has 0 heterocycles. The Kier molecular flexibility index (Phi) is 5.95. The molecule has 118 valence electrons. The Morgan fingerprint density at radius 2 is 1.76 bits per heavy atom. The van der Waals surface area contributed by atoms with Gasteiger partial charge >= 0.3 is 0 Å². The first-order chi connectivity index (χ1) is 9.69. The second-order valence-corrected chi connectivity index (χ2v) is 9.09. The fraction of sp³-hybridized carbons (Fsp3) is 0.600. The maximum Gasteiger partial charge on any atom is 0.178 e. The molecule has 0 fully saturated rings. The molecule has 0 aromatic rings. The van der Waals surface area contributed by atoms with Gasteiger partial charge in [0.15, 0.2) is 8.67 Å². The molecule has 1 unspecified atom stereocenters. The van der Waals surface area contributed by atoms with E-state index in [2.05, 4.69) is 12.7 Å². The summed E-state index contributed by atoms with van der Waals surface area (Å²) in [4.78, 5) is 0. The van der Waals surface area contributed by atoms with Crippen molar-refractivity contribution in [3.8, 4) is 0 Å². The Morgan fingerprint density at radius 1 is 1.10 bits per heavy atom. The number of hydrogen-bond donors (Lipinski definition) is 0. The lowest BCUT2D eigenvalue weighted by molar-refractivity contribution is 0.678. The fourth-order valence-corrected chi connectivity index (χ4v) is 4.38. The van der Waals surface area contributed by atoms with Gasteiger partial charge in [0, 0.05) is 10.6 Å². The number of hydrogen-bond acceptors (Lipinski definition) is 0. The first-order valence-corrected chi connectivity index (χ1v) is 9.19. The first kappa shape index (κ1) is 18.3. The van der Waals surface area contributed by atoms with Crippen molar-refractivity contribution in [1.29, 1.82) is 0 Å². The molecule has 0 amide bonds. The monoisotopic (exact) mass is 406 g/mol. The number of allylic oxidation sites excluding steroid dienone is 5. The predicted octanol–water partition coefficient (Wildman–Crippen LogP) is 7.28. The Morgan fingerprint density at radius 3 is 2.43 bits per heavy atom. The Hall–Kier alpha value is 0.960. The first-order valence-electron chi connectivity index (χ1n) is 6.87. The lowest BCUT2D eigenvalue weighted by Crippen LogP contribution is -2.43. The van der Waals surface area contributed by atoms with Crippen LogP contribution < -0.4 is 0 Å². The summed E-state index contributed by atoms with van der Waals surface area (Å²) in [6.45, 7) is 3.90. The van der Waals surface area contributed by atoms with Crippen LogP contribution in [-0.4, -0.2) is 14.0 Å². The molecule has 2 aliphatic carbocycles. The molecule has 0 aromatic heterocycles. The van der Waals surface area contributed by atoms with E-state index in [1.807, 2.05) is 0 Å². The zero-order valence-corrected chi connectivity index (χ0v) is 15.9. The zero-order valence-electron chi connectivity index (χ0n) is 11.4. The summed E-state index contributed by atoms with van der Waals surface area (Å²) in [6.07, 6.45) is 8.13. The van der Waals surface area contributed by atoms with E-state index in [0.717, 1.165) is 24.8 Å². The van der Waals surface area contributed by atoms with E-state index in [1.54, 1.807) is 0 Å². The largest absolute Gasteiger partial charge is 0.178 e. The van der Waals surface area contributed by atoms with Gasteiger partial charge in [-0.1, -0.05) is 77.1 Å². The normalized spacial score (nSPS) is 29.7. The minimum Gasteiger partial charge on any atom is -0.119 e. The van der Waals surface area contributed by atoms with Crippen LogP contribution in [0.3, 0.4) is 0 Å². The molecule has 0 aliphatic heterocycles. The molecule has 0 aromatic carbocycles. The van der Waals surface area contributed by atoms with Crippen LogP contribution in [0.25, 0.3) is 0 Å². The predicted molar refractivity (Wildman–Crippen MR) is 96.3 cm³/mol. The van der Waals surface area contributed by atoms with Crippen LogP contribution >= 0.6 is 69.6 Å². The molecule has 21 heavy (non-hydrogen) atoms. The number of alkyl halides is 5. The van der Waals surface area contributed by atoms with Crippen molar-refractivity contribution in [1.82, 2.24) is 0 Å². The van der Waals surface area contributed by atoms with E-state index in [1.165, 1.54) is 18.4 Å². The highest BCUT2D eigenvalue weighted by atomic mass is 35.5. The van der Waals surface area contributed by atoms with Gasteiger partial charge in [0.2, 0.25) is 0 Å². The molecular weight excluding hydrogens is 393 g/mol. The highest BCUT2D eigenvalue weighted by molar-refractivity contribution is 6.66. The summed E-state index contributed by atoms with van der Waals surface area (Å²) in [5.74, 6) is 0. The molecule has 0 nitrogen and oxygen atoms in total. The summed E-state index contributed by atoms with van der Waals surface area (Å²) in [7, 11) is 0. The minimum atomic E-state index is -1.63. The minimum absolute atomic E-state index is 0.306. The van der Waals surface area contributed by atoms with Gasteiger partial charge in [-0.2, -0.15) is 0 Å². The lowest BCUT2D eigenvalue weighted by atomic mass is 9.96. The third-order valence-electron chi connectivity index (χ3n) is 4.03. The van der Waals surface area contributed by atoms with Crippen molar-refractivity contribution in [3.63, 3.8) is 0 Å². The van der Waals surface area contributed by atoms with Crippen LogP contribution in [0.4, 0.5) is 0 Å². The molecule has 0 saturated carbocycles. The van der Waals surface area contributed by atoms with Gasteiger partial charge in [0.05, 0.1) is 5.38 Å². The highest BCUT2D eigenvalue weighted by Crippen LogP contribution is 2.57. The van der Waals surface area contributed by atoms with E-state index in [4.69, 9.17) is 69.6 Å². The van der Waals surface area contributed by atoms with Crippen LogP contribution in [0.2, 0.25) is 0 Å². The Bertz CT molecular complexity index is 500. The van der Waals surface area contributed by atoms with Gasteiger partial charge in [-0.3, -0.25) is 0 Å². The average molecular weight is 409 g/mol. The van der Waals surface area contributed by atoms with E-state index >= 15 is 0 Å². The van der Waals surface area contributed by atoms with Gasteiger partial charge in [-0.25, -0.2) is 0 Å². The molecule has 0 spiro atoms. The van der Waals surface area contributed by atoms with Gasteiger partial charge in [-0.15, -0.1) is 11.6 Å². The second-order valence-electron chi connectivity index (χ2n) is 5.47. The van der Waals surface area contributed by atoms with Crippen molar-refractivity contribution in [2.75, 3.05) is 0 Å². The third kappa shape index (κ3) is 3.42. The van der Waals surface area contributed by atoms with Crippen LogP contribution in [0, 0.1) is 0 Å². The third-order valence-corrected chi connectivity index (χ3v) is 7.73. The Labute approximate surface area is 156 Å². The van der Waals surface area contributed by atoms with Crippen LogP contribution in [-0.2, 0) is 0 Å². The lowest BCUT2D eigenvalue weighted by Gasteiger charge is -2.35. The topological polar surface area (TPSA) is 0 Å². The summed E-state index contributed by atoms with van der Waals surface area (Å²) in [5.41, 5.74) is 2.40. The standard InChI is InChI=1S/C15H16Cl6/c1-9-13(17)11(10-6-4-2-3-5-7-10)8-12(16)15(20,21)14(9,18)19/h6,12H,1-5,7-8H2. The van der Waals surface area contributed by atoms with Gasteiger partial charge in [-0.05, 0) is 43.3 Å². The van der Waals surface area contributed by atoms with Gasteiger partial charge in [0.25, 0.3) is 0 Å². The highest BCUT2D eigenvalue weighted by Gasteiger charge is 2.56. The molecule has 0 bridgehead atoms. The van der Waals surface area contributed by atoms with Crippen molar-refractivity contribution >= 4 is 69.6 Å². The van der Waals surface area contributed by atoms with E-state index in [-0.39, 0.29) is 0 Å². The SMILES string of the molecule is C=C1C(Cl)=C(C2=CCCCCC2)CC(Cl)C(Cl)(Cl)C1(Cl)Cl. The van der Waals surface area contributed by atoms with Gasteiger partial charge in [0.1, 0.15) is 0 Å². The molecule has 6 heteroatoms. The van der Waals surface area contributed by atoms with Crippen molar-refractivity contribution < 1.29 is 0 Å². The average Bonchev–Trinajstić information content (AvgIpc) is 2.72. The summed E-state index contributed by atoms with van der Waals surface area (Å²) < 4.78 is -3.20. The summed E-state index contributed by atoms with van der Waals surface area (Å²) in [5, 5.41) is -0.232. The molecule has 1 atom stereocenters. The smallest absolute Gasteiger partial charge is 0.119 e. The zero-order chi connectivity index (χ0) is 15.8. The Balaban J connectivity index is 2.48. The van der Waals surface area contributed by atoms with Crippen LogP contribution in [0.1, 0.15) is 38.5 Å². The van der Waals surface area contributed by atoms with Crippen molar-refractivity contribution in [2.24, 2.45) is 0 Å². The van der Waals surface area contributed by atoms with Crippen LogP contribution in [0.5, 0.6) is 0 Å². The van der Waals surface area contributed by atoms with Crippen molar-refractivity contribution in [2.45, 2.75) is 52.6 Å². The van der Waals surface area contributed by atoms with Crippen LogP contribution in [0.15, 0.2) is 34.4 Å². The maximum atomic E-state index is 6.50. The van der Waals surface area contributed by atoms with E-state index in [9.17, 15) is 0 Å². The number of rotatable bonds is 1. The molecule has 0 N–H and O–H groups in total. The summed E-state index contributed by atoms with van der Waals surface area (Å²) >= 11 is 38.2. The molecule has 0 radical (unpaired) electrons. The molecular formula is C15H16Cl6.